The number of hydrogen-bond acceptors (Lipinski definition) is 8. The van der Waals surface area contributed by atoms with Crippen molar-refractivity contribution >= 4 is 98.5 Å². The van der Waals surface area contributed by atoms with Gasteiger partial charge in [-0.25, -0.2) is 0 Å². The summed E-state index contributed by atoms with van der Waals surface area (Å²) in [7, 11) is -0.898. The summed E-state index contributed by atoms with van der Waals surface area (Å²) in [6.07, 6.45) is 9.04. The largest absolute Gasteiger partial charge is 0.505 e. The van der Waals surface area contributed by atoms with Crippen LogP contribution in [0.5, 0.6) is 11.5 Å². The molecule has 0 unspecified atom stereocenters. The lowest BCUT2D eigenvalue weighted by molar-refractivity contribution is 0.00578. The van der Waals surface area contributed by atoms with Gasteiger partial charge in [0.05, 0.1) is 45.0 Å². The van der Waals surface area contributed by atoms with Gasteiger partial charge in [-0.2, -0.15) is 0 Å². The molecule has 0 N–H and O–H groups in total. The molecule has 0 radical (unpaired) electrons. The van der Waals surface area contributed by atoms with E-state index in [9.17, 15) is 0 Å². The van der Waals surface area contributed by atoms with Crippen LogP contribution in [0.25, 0.3) is 20.2 Å². The van der Waals surface area contributed by atoms with Crippen LogP contribution in [0.4, 0.5) is 0 Å². The number of alkyl halides is 2. The molecule has 2 fully saturated rings. The molecule has 2 saturated heterocycles. The quantitative estimate of drug-likeness (QED) is 0.0819. The zero-order valence-electron chi connectivity index (χ0n) is 28.8. The molecular weight excluding hydrogens is 750 g/mol. The maximum atomic E-state index is 6.74. The molecule has 254 valence electrons. The van der Waals surface area contributed by atoms with Crippen LogP contribution < -0.4 is 19.0 Å². The van der Waals surface area contributed by atoms with Crippen molar-refractivity contribution in [3.8, 4) is 11.5 Å². The van der Waals surface area contributed by atoms with E-state index in [1.165, 1.54) is 25.7 Å². The van der Waals surface area contributed by atoms with Gasteiger partial charge in [-0.15, -0.1) is 22.7 Å². The molecule has 12 heteroatoms. The second-order valence-electron chi connectivity index (χ2n) is 14.5. The summed E-state index contributed by atoms with van der Waals surface area (Å²) >= 11 is 10.5. The van der Waals surface area contributed by atoms with E-state index < -0.39 is 36.6 Å². The van der Waals surface area contributed by atoms with Crippen molar-refractivity contribution in [2.75, 3.05) is 23.9 Å². The average Bonchev–Trinajstić information content (AvgIpc) is 3.70. The van der Waals surface area contributed by atoms with Crippen molar-refractivity contribution in [2.45, 2.75) is 129 Å². The fraction of sp³-hybridized carbons (Fsp3) is 0.706. The molecule has 6 nitrogen and oxygen atoms in total. The van der Waals surface area contributed by atoms with Crippen LogP contribution in [0, 0.1) is 0 Å². The number of benzene rings is 1. The Morgan fingerprint density at radius 2 is 0.870 bits per heavy atom. The maximum absolute atomic E-state index is 6.74. The van der Waals surface area contributed by atoms with Gasteiger partial charge in [0.1, 0.15) is 11.5 Å². The Labute approximate surface area is 301 Å². The Morgan fingerprint density at radius 1 is 0.543 bits per heavy atom. The SMILES string of the molecule is CC1(C)OB(c2cc3c(OCCCCCCBr)c4sc(B5OC(C)(C)C(C)(C)O5)cc4c(OCCCCCCBr)c3s2)OC1(C)C. The van der Waals surface area contributed by atoms with Crippen molar-refractivity contribution in [3.63, 3.8) is 0 Å². The lowest BCUT2D eigenvalue weighted by Gasteiger charge is -2.32. The van der Waals surface area contributed by atoms with Crippen molar-refractivity contribution < 1.29 is 28.1 Å². The summed E-state index contributed by atoms with van der Waals surface area (Å²) in [5.41, 5.74) is -1.69. The number of unbranched alkanes of at least 4 members (excludes halogenated alkanes) is 6. The Balaban J connectivity index is 1.57. The summed E-state index contributed by atoms with van der Waals surface area (Å²) in [6.45, 7) is 18.1. The Kier molecular flexibility index (Phi) is 11.9. The highest BCUT2D eigenvalue weighted by molar-refractivity contribution is 9.09. The molecule has 46 heavy (non-hydrogen) atoms. The lowest BCUT2D eigenvalue weighted by atomic mass is 9.87. The fourth-order valence-electron chi connectivity index (χ4n) is 5.63. The zero-order chi connectivity index (χ0) is 33.3. The van der Waals surface area contributed by atoms with Crippen LogP contribution in [0.1, 0.15) is 107 Å². The van der Waals surface area contributed by atoms with Crippen molar-refractivity contribution in [2.24, 2.45) is 0 Å². The topological polar surface area (TPSA) is 55.4 Å². The first-order chi connectivity index (χ1) is 21.7. The van der Waals surface area contributed by atoms with E-state index in [-0.39, 0.29) is 0 Å². The van der Waals surface area contributed by atoms with E-state index in [4.69, 9.17) is 28.1 Å². The summed E-state index contributed by atoms with van der Waals surface area (Å²) in [5, 5.41) is 4.19. The number of fused-ring (bicyclic) bond motifs is 2. The third-order valence-corrected chi connectivity index (χ3v) is 13.4. The van der Waals surface area contributed by atoms with E-state index in [1.54, 1.807) is 22.7 Å². The Hall–Kier alpha value is -0.330. The second-order valence-corrected chi connectivity index (χ2v) is 18.3. The molecule has 4 heterocycles. The lowest BCUT2D eigenvalue weighted by Crippen LogP contribution is -2.41. The van der Waals surface area contributed by atoms with E-state index in [0.29, 0.717) is 13.2 Å². The first kappa shape index (κ1) is 36.9. The zero-order valence-corrected chi connectivity index (χ0v) is 33.6. The fourth-order valence-corrected chi connectivity index (χ4v) is 8.67. The van der Waals surface area contributed by atoms with Gasteiger partial charge in [0.15, 0.2) is 0 Å². The van der Waals surface area contributed by atoms with E-state index in [1.807, 2.05) is 0 Å². The first-order valence-corrected chi connectivity index (χ1v) is 20.7. The molecule has 2 aliphatic heterocycles. The molecule has 0 spiro atoms. The Bertz CT molecular complexity index is 1290. The number of rotatable bonds is 16. The van der Waals surface area contributed by atoms with Crippen molar-refractivity contribution in [3.05, 3.63) is 12.1 Å². The molecule has 0 atom stereocenters. The molecule has 2 aliphatic rings. The maximum Gasteiger partial charge on any atom is 0.505 e. The molecule has 3 aromatic rings. The molecule has 5 rings (SSSR count). The molecular formula is C34H50B2Br2O6S2. The number of ether oxygens (including phenoxy) is 2. The predicted molar refractivity (Wildman–Crippen MR) is 204 cm³/mol. The van der Waals surface area contributed by atoms with Crippen LogP contribution >= 0.6 is 54.5 Å². The first-order valence-electron chi connectivity index (χ1n) is 16.8. The molecule has 0 bridgehead atoms. The minimum Gasteiger partial charge on any atom is -0.491 e. The van der Waals surface area contributed by atoms with Gasteiger partial charge < -0.3 is 28.1 Å². The normalized spacial score (nSPS) is 20.0. The minimum absolute atomic E-state index is 0.422. The second kappa shape index (κ2) is 14.9. The number of thiophene rings is 2. The highest BCUT2D eigenvalue weighted by atomic mass is 79.9. The highest BCUT2D eigenvalue weighted by Gasteiger charge is 2.53. The third kappa shape index (κ3) is 7.69. The smallest absolute Gasteiger partial charge is 0.491 e. The van der Waals surface area contributed by atoms with Crippen LogP contribution in [-0.2, 0) is 18.6 Å². The highest BCUT2D eigenvalue weighted by Crippen LogP contribution is 2.48. The van der Waals surface area contributed by atoms with Gasteiger partial charge in [-0.3, -0.25) is 0 Å². The van der Waals surface area contributed by atoms with Crippen LogP contribution in [-0.4, -0.2) is 60.5 Å². The van der Waals surface area contributed by atoms with Crippen molar-refractivity contribution in [1.82, 2.24) is 0 Å². The Morgan fingerprint density at radius 3 is 1.20 bits per heavy atom. The van der Waals surface area contributed by atoms with Crippen molar-refractivity contribution in [1.29, 1.82) is 0 Å². The minimum atomic E-state index is -0.449. The average molecular weight is 800 g/mol. The third-order valence-electron chi connectivity index (χ3n) is 9.92. The summed E-state index contributed by atoms with van der Waals surface area (Å²) in [5.74, 6) is 1.81. The number of hydrogen-bond donors (Lipinski definition) is 0. The van der Waals surface area contributed by atoms with E-state index in [0.717, 1.165) is 77.6 Å². The van der Waals surface area contributed by atoms with Gasteiger partial charge in [-0.1, -0.05) is 57.5 Å². The van der Waals surface area contributed by atoms with Crippen LogP contribution in [0.15, 0.2) is 12.1 Å². The summed E-state index contributed by atoms with van der Waals surface area (Å²) < 4.78 is 43.7. The summed E-state index contributed by atoms with van der Waals surface area (Å²) in [4.78, 5) is 0. The molecule has 2 aromatic heterocycles. The van der Waals surface area contributed by atoms with Gasteiger partial charge in [0.2, 0.25) is 0 Å². The van der Waals surface area contributed by atoms with Gasteiger partial charge >= 0.3 is 14.2 Å². The molecule has 0 amide bonds. The predicted octanol–water partition coefficient (Wildman–Crippen LogP) is 9.38. The van der Waals surface area contributed by atoms with Crippen LogP contribution in [0.2, 0.25) is 0 Å². The van der Waals surface area contributed by atoms with Crippen LogP contribution in [0.3, 0.4) is 0 Å². The van der Waals surface area contributed by atoms with E-state index in [2.05, 4.69) is 99.4 Å². The number of halogens is 2. The monoisotopic (exact) mass is 798 g/mol. The van der Waals surface area contributed by atoms with Gasteiger partial charge in [0, 0.05) is 31.0 Å². The molecule has 0 saturated carbocycles. The molecule has 0 aliphatic carbocycles. The summed E-state index contributed by atoms with van der Waals surface area (Å²) in [6, 6.07) is 4.41. The van der Waals surface area contributed by atoms with Gasteiger partial charge in [0.25, 0.3) is 0 Å². The molecule has 1 aromatic carbocycles. The van der Waals surface area contributed by atoms with Gasteiger partial charge in [-0.05, 0) is 93.2 Å². The standard InChI is InChI=1S/C34H50B2Br2O6S2/c1-31(2)32(3,4)42-35(41-31)25-21-23-27(39-19-15-11-9-13-17-37)30-24(28(29(23)45-25)40-20-16-12-10-14-18-38)22-26(46-30)36-43-33(5,6)34(7,8)44-36/h21-22H,9-20H2,1-8H3. The van der Waals surface area contributed by atoms with E-state index >= 15 is 0 Å².